The van der Waals surface area contributed by atoms with E-state index in [1.165, 1.54) is 25.4 Å². The van der Waals surface area contributed by atoms with E-state index in [0.29, 0.717) is 15.8 Å². The quantitative estimate of drug-likeness (QED) is 0.843. The normalized spacial score (nSPS) is 13.5. The van der Waals surface area contributed by atoms with Crippen LogP contribution in [0.4, 0.5) is 0 Å². The highest BCUT2D eigenvalue weighted by atomic mass is 35.5. The second kappa shape index (κ2) is 6.46. The van der Waals surface area contributed by atoms with Crippen LogP contribution in [0.2, 0.25) is 10.2 Å². The predicted octanol–water partition coefficient (Wildman–Crippen LogP) is 2.85. The molecule has 0 aliphatic rings. The largest absolute Gasteiger partial charge is 0.383 e. The first kappa shape index (κ1) is 16.5. The maximum Gasteiger partial charge on any atom is 0.240 e. The molecule has 0 radical (unpaired) electrons. The number of hydrogen-bond donors (Lipinski definition) is 1. The Balaban J connectivity index is 2.45. The third kappa shape index (κ3) is 3.64. The molecule has 0 aliphatic carbocycles. The van der Waals surface area contributed by atoms with Gasteiger partial charge >= 0.3 is 0 Å². The number of sulfonamides is 1. The molecule has 1 aromatic carbocycles. The minimum Gasteiger partial charge on any atom is -0.383 e. The van der Waals surface area contributed by atoms with Gasteiger partial charge in [-0.2, -0.15) is 0 Å². The van der Waals surface area contributed by atoms with Crippen molar-refractivity contribution in [2.24, 2.45) is 0 Å². The van der Waals surface area contributed by atoms with Gasteiger partial charge in [-0.15, -0.1) is 0 Å². The predicted molar refractivity (Wildman–Crippen MR) is 83.4 cm³/mol. The van der Waals surface area contributed by atoms with Crippen molar-refractivity contribution >= 4 is 44.0 Å². The summed E-state index contributed by atoms with van der Waals surface area (Å²) < 4.78 is 32.0. The Bertz CT molecular complexity index is 765. The molecular formula is C13H14Cl2N2O3S. The van der Waals surface area contributed by atoms with E-state index in [0.717, 1.165) is 0 Å². The number of ether oxygens (including phenoxy) is 1. The monoisotopic (exact) mass is 348 g/mol. The second-order valence-corrected chi connectivity index (χ2v) is 7.06. The summed E-state index contributed by atoms with van der Waals surface area (Å²) in [5.74, 6) is 0. The fourth-order valence-corrected chi connectivity index (χ4v) is 3.61. The van der Waals surface area contributed by atoms with Gasteiger partial charge in [-0.25, -0.2) is 18.1 Å². The number of nitrogens with zero attached hydrogens (tertiary/aromatic N) is 1. The van der Waals surface area contributed by atoms with E-state index >= 15 is 0 Å². The minimum absolute atomic E-state index is 0.101. The first-order valence-corrected chi connectivity index (χ1v) is 8.34. The highest BCUT2D eigenvalue weighted by molar-refractivity contribution is 7.89. The maximum atomic E-state index is 12.3. The lowest BCUT2D eigenvalue weighted by Gasteiger charge is -2.14. The van der Waals surface area contributed by atoms with Crippen molar-refractivity contribution in [3.63, 3.8) is 0 Å². The van der Waals surface area contributed by atoms with Crippen LogP contribution in [0.15, 0.2) is 29.3 Å². The standard InChI is InChI=1S/C13H14Cl2N2O3S/c1-8(7-20-2)17-21(18,19)9-3-4-10-11(5-9)13(15)16-6-12(10)14/h3-6,8,17H,7H2,1-2H3/t8-/m0/s1. The zero-order valence-electron chi connectivity index (χ0n) is 11.4. The topological polar surface area (TPSA) is 68.3 Å². The molecule has 2 rings (SSSR count). The minimum atomic E-state index is -3.66. The lowest BCUT2D eigenvalue weighted by molar-refractivity contribution is 0.180. The van der Waals surface area contributed by atoms with Gasteiger partial charge in [-0.05, 0) is 19.1 Å². The molecule has 21 heavy (non-hydrogen) atoms. The van der Waals surface area contributed by atoms with Gasteiger partial charge in [0.25, 0.3) is 0 Å². The Kier molecular flexibility index (Phi) is 5.06. The van der Waals surface area contributed by atoms with Gasteiger partial charge in [0.1, 0.15) is 5.15 Å². The van der Waals surface area contributed by atoms with Gasteiger partial charge in [0.05, 0.1) is 16.5 Å². The number of nitrogens with one attached hydrogen (secondary N) is 1. The summed E-state index contributed by atoms with van der Waals surface area (Å²) in [4.78, 5) is 4.02. The van der Waals surface area contributed by atoms with Gasteiger partial charge in [0, 0.05) is 30.1 Å². The van der Waals surface area contributed by atoms with Crippen molar-refractivity contribution in [1.29, 1.82) is 0 Å². The Hall–Kier alpha value is -0.920. The molecule has 2 aromatic rings. The van der Waals surface area contributed by atoms with Crippen molar-refractivity contribution in [3.05, 3.63) is 34.6 Å². The third-order valence-corrected chi connectivity index (χ3v) is 5.03. The lowest BCUT2D eigenvalue weighted by Crippen LogP contribution is -2.35. The number of fused-ring (bicyclic) bond motifs is 1. The zero-order chi connectivity index (χ0) is 15.6. The number of hydrogen-bond acceptors (Lipinski definition) is 4. The molecule has 0 amide bonds. The SMILES string of the molecule is COC[C@H](C)NS(=O)(=O)c1ccc2c(Cl)cnc(Cl)c2c1. The van der Waals surface area contributed by atoms with E-state index in [2.05, 4.69) is 9.71 Å². The third-order valence-electron chi connectivity index (χ3n) is 2.85. The fraction of sp³-hybridized carbons (Fsp3) is 0.308. The molecule has 1 heterocycles. The van der Waals surface area contributed by atoms with E-state index in [4.69, 9.17) is 27.9 Å². The zero-order valence-corrected chi connectivity index (χ0v) is 13.8. The average molecular weight is 349 g/mol. The summed E-state index contributed by atoms with van der Waals surface area (Å²) in [5, 5.41) is 1.77. The molecular weight excluding hydrogens is 335 g/mol. The van der Waals surface area contributed by atoms with Gasteiger partial charge in [0.15, 0.2) is 0 Å². The van der Waals surface area contributed by atoms with Gasteiger partial charge in [-0.3, -0.25) is 0 Å². The van der Waals surface area contributed by atoms with Gasteiger partial charge in [-0.1, -0.05) is 29.3 Å². The summed E-state index contributed by atoms with van der Waals surface area (Å²) in [6.07, 6.45) is 1.43. The van der Waals surface area contributed by atoms with Crippen LogP contribution >= 0.6 is 23.2 Å². The number of halogens is 2. The molecule has 5 nitrogen and oxygen atoms in total. The van der Waals surface area contributed by atoms with Crippen LogP contribution < -0.4 is 4.72 Å². The molecule has 1 atom stereocenters. The molecule has 0 bridgehead atoms. The van der Waals surface area contributed by atoms with Crippen molar-refractivity contribution in [2.45, 2.75) is 17.9 Å². The number of rotatable bonds is 5. The number of aromatic nitrogens is 1. The summed E-state index contributed by atoms with van der Waals surface area (Å²) in [7, 11) is -2.15. The summed E-state index contributed by atoms with van der Waals surface area (Å²) in [6, 6.07) is 4.20. The molecule has 8 heteroatoms. The smallest absolute Gasteiger partial charge is 0.240 e. The van der Waals surface area contributed by atoms with E-state index < -0.39 is 10.0 Å². The summed E-state index contributed by atoms with van der Waals surface area (Å²) >= 11 is 12.0. The Morgan fingerprint density at radius 3 is 2.71 bits per heavy atom. The Morgan fingerprint density at radius 2 is 2.05 bits per heavy atom. The Labute approximate surface area is 133 Å². The lowest BCUT2D eigenvalue weighted by atomic mass is 10.2. The first-order chi connectivity index (χ1) is 9.85. The summed E-state index contributed by atoms with van der Waals surface area (Å²) in [5.41, 5.74) is 0. The molecule has 0 saturated carbocycles. The van der Waals surface area contributed by atoms with Crippen LogP contribution in [0.3, 0.4) is 0 Å². The van der Waals surface area contributed by atoms with Crippen molar-refractivity contribution in [2.75, 3.05) is 13.7 Å². The molecule has 0 unspecified atom stereocenters. The van der Waals surface area contributed by atoms with Crippen molar-refractivity contribution < 1.29 is 13.2 Å². The molecule has 0 spiro atoms. The van der Waals surface area contributed by atoms with Crippen LogP contribution in [0.1, 0.15) is 6.92 Å². The molecule has 1 aromatic heterocycles. The molecule has 0 fully saturated rings. The van der Waals surface area contributed by atoms with E-state index in [1.54, 1.807) is 13.0 Å². The number of methoxy groups -OCH3 is 1. The van der Waals surface area contributed by atoms with Crippen LogP contribution in [-0.2, 0) is 14.8 Å². The molecule has 0 aliphatic heterocycles. The van der Waals surface area contributed by atoms with Gasteiger partial charge in [0.2, 0.25) is 10.0 Å². The number of benzene rings is 1. The Morgan fingerprint density at radius 1 is 1.33 bits per heavy atom. The van der Waals surface area contributed by atoms with Crippen molar-refractivity contribution in [3.8, 4) is 0 Å². The molecule has 1 N–H and O–H groups in total. The fourth-order valence-electron chi connectivity index (χ4n) is 1.94. The number of pyridine rings is 1. The van der Waals surface area contributed by atoms with Crippen LogP contribution in [-0.4, -0.2) is 33.2 Å². The first-order valence-electron chi connectivity index (χ1n) is 6.10. The highest BCUT2D eigenvalue weighted by Gasteiger charge is 2.18. The van der Waals surface area contributed by atoms with Crippen molar-refractivity contribution in [1.82, 2.24) is 9.71 Å². The summed E-state index contributed by atoms with van der Waals surface area (Å²) in [6.45, 7) is 1.99. The highest BCUT2D eigenvalue weighted by Crippen LogP contribution is 2.29. The van der Waals surface area contributed by atoms with E-state index in [9.17, 15) is 8.42 Å². The van der Waals surface area contributed by atoms with E-state index in [1.807, 2.05) is 0 Å². The van der Waals surface area contributed by atoms with Crippen LogP contribution in [0, 0.1) is 0 Å². The molecule has 0 saturated heterocycles. The average Bonchev–Trinajstić information content (AvgIpc) is 2.42. The van der Waals surface area contributed by atoms with Crippen LogP contribution in [0.25, 0.3) is 10.8 Å². The van der Waals surface area contributed by atoms with E-state index in [-0.39, 0.29) is 22.7 Å². The van der Waals surface area contributed by atoms with Gasteiger partial charge < -0.3 is 4.74 Å². The maximum absolute atomic E-state index is 12.3. The van der Waals surface area contributed by atoms with Crippen LogP contribution in [0.5, 0.6) is 0 Å². The molecule has 114 valence electrons. The second-order valence-electron chi connectivity index (χ2n) is 4.58.